The quantitative estimate of drug-likeness (QED) is 0.387. The van der Waals surface area contributed by atoms with Gasteiger partial charge in [0, 0.05) is 50.3 Å². The van der Waals surface area contributed by atoms with Crippen LogP contribution in [0.2, 0.25) is 0 Å². The molecule has 9 heteroatoms. The molecule has 3 heterocycles. The number of amides is 1. The summed E-state index contributed by atoms with van der Waals surface area (Å²) in [5, 5.41) is 3.39. The number of imidazole rings is 1. The number of hydrogen-bond acceptors (Lipinski definition) is 4. The van der Waals surface area contributed by atoms with Crippen molar-refractivity contribution in [2.45, 2.75) is 45.8 Å². The van der Waals surface area contributed by atoms with Gasteiger partial charge in [0.25, 0.3) is 0 Å². The van der Waals surface area contributed by atoms with Crippen molar-refractivity contribution in [3.05, 3.63) is 42.6 Å². The average molecular weight is 511 g/mol. The summed E-state index contributed by atoms with van der Waals surface area (Å²) in [7, 11) is 1.74. The molecule has 158 valence electrons. The molecule has 29 heavy (non-hydrogen) atoms. The SMILES string of the molecule is CN=C(NCc1cccnc1-n1ccnc1)N1CC(=O)N(C(C)C)C(C)(C)C1.I. The van der Waals surface area contributed by atoms with Gasteiger partial charge in [-0.25, -0.2) is 9.97 Å². The van der Waals surface area contributed by atoms with Crippen molar-refractivity contribution in [1.82, 2.24) is 29.7 Å². The number of pyridine rings is 1. The molecule has 1 aliphatic heterocycles. The summed E-state index contributed by atoms with van der Waals surface area (Å²) in [6, 6.07) is 4.11. The van der Waals surface area contributed by atoms with E-state index in [1.54, 1.807) is 25.8 Å². The van der Waals surface area contributed by atoms with Gasteiger partial charge in [-0.2, -0.15) is 0 Å². The van der Waals surface area contributed by atoms with Crippen molar-refractivity contribution in [2.24, 2.45) is 4.99 Å². The van der Waals surface area contributed by atoms with Crippen molar-refractivity contribution in [1.29, 1.82) is 0 Å². The maximum atomic E-state index is 12.7. The van der Waals surface area contributed by atoms with Gasteiger partial charge in [-0.15, -0.1) is 24.0 Å². The summed E-state index contributed by atoms with van der Waals surface area (Å²) in [5.74, 6) is 1.66. The third kappa shape index (κ3) is 5.06. The van der Waals surface area contributed by atoms with Gasteiger partial charge in [0.05, 0.1) is 12.1 Å². The van der Waals surface area contributed by atoms with Crippen LogP contribution in [0.25, 0.3) is 5.82 Å². The number of aliphatic imine (C=N–C) groups is 1. The van der Waals surface area contributed by atoms with E-state index >= 15 is 0 Å². The van der Waals surface area contributed by atoms with Gasteiger partial charge in [-0.3, -0.25) is 14.4 Å². The molecule has 1 N–H and O–H groups in total. The van der Waals surface area contributed by atoms with Crippen LogP contribution in [0.5, 0.6) is 0 Å². The molecular formula is C20H30IN7O. The zero-order valence-corrected chi connectivity index (χ0v) is 20.0. The number of piperazine rings is 1. The van der Waals surface area contributed by atoms with E-state index in [1.807, 2.05) is 32.7 Å². The number of nitrogens with zero attached hydrogens (tertiary/aromatic N) is 6. The summed E-state index contributed by atoms with van der Waals surface area (Å²) in [5.41, 5.74) is 0.755. The van der Waals surface area contributed by atoms with Crippen LogP contribution < -0.4 is 5.32 Å². The van der Waals surface area contributed by atoms with E-state index in [4.69, 9.17) is 0 Å². The van der Waals surface area contributed by atoms with Crippen molar-refractivity contribution >= 4 is 35.8 Å². The van der Waals surface area contributed by atoms with E-state index in [2.05, 4.69) is 48.0 Å². The monoisotopic (exact) mass is 511 g/mol. The van der Waals surface area contributed by atoms with Crippen LogP contribution in [-0.2, 0) is 11.3 Å². The second-order valence-electron chi connectivity index (χ2n) is 7.88. The van der Waals surface area contributed by atoms with Crippen LogP contribution in [0.15, 0.2) is 42.0 Å². The van der Waals surface area contributed by atoms with E-state index in [-0.39, 0.29) is 41.5 Å². The molecule has 0 aromatic carbocycles. The largest absolute Gasteiger partial charge is 0.352 e. The Hall–Kier alpha value is -2.17. The Bertz CT molecular complexity index is 848. The van der Waals surface area contributed by atoms with Crippen LogP contribution in [0.1, 0.15) is 33.3 Å². The highest BCUT2D eigenvalue weighted by Crippen LogP contribution is 2.24. The summed E-state index contributed by atoms with van der Waals surface area (Å²) >= 11 is 0. The van der Waals surface area contributed by atoms with Crippen LogP contribution in [-0.4, -0.2) is 67.9 Å². The molecule has 2 aromatic heterocycles. The molecule has 8 nitrogen and oxygen atoms in total. The van der Waals surface area contributed by atoms with Crippen LogP contribution in [0, 0.1) is 0 Å². The highest BCUT2D eigenvalue weighted by atomic mass is 127. The Morgan fingerprint density at radius 3 is 2.69 bits per heavy atom. The Labute approximate surface area is 189 Å². The summed E-state index contributed by atoms with van der Waals surface area (Å²) in [6.07, 6.45) is 7.09. The van der Waals surface area contributed by atoms with E-state index in [1.165, 1.54) is 0 Å². The topological polar surface area (TPSA) is 78.6 Å². The predicted octanol–water partition coefficient (Wildman–Crippen LogP) is 2.29. The van der Waals surface area contributed by atoms with Gasteiger partial charge in [0.1, 0.15) is 12.1 Å². The Balaban J connectivity index is 0.00000300. The number of rotatable bonds is 4. The van der Waals surface area contributed by atoms with Crippen LogP contribution in [0.3, 0.4) is 0 Å². The molecule has 3 rings (SSSR count). The zero-order chi connectivity index (χ0) is 20.3. The fourth-order valence-corrected chi connectivity index (χ4v) is 4.00. The van der Waals surface area contributed by atoms with Crippen LogP contribution in [0.4, 0.5) is 0 Å². The molecule has 1 fully saturated rings. The summed E-state index contributed by atoms with van der Waals surface area (Å²) in [6.45, 7) is 9.91. The van der Waals surface area contributed by atoms with E-state index in [0.717, 1.165) is 17.9 Å². The molecule has 0 unspecified atom stereocenters. The van der Waals surface area contributed by atoms with E-state index in [9.17, 15) is 4.79 Å². The lowest BCUT2D eigenvalue weighted by atomic mass is 9.96. The van der Waals surface area contributed by atoms with Gasteiger partial charge in [-0.05, 0) is 33.8 Å². The normalized spacial score (nSPS) is 16.8. The van der Waals surface area contributed by atoms with E-state index < -0.39 is 0 Å². The molecule has 0 bridgehead atoms. The first-order valence-electron chi connectivity index (χ1n) is 9.53. The molecule has 0 aliphatic carbocycles. The first-order valence-corrected chi connectivity index (χ1v) is 9.53. The van der Waals surface area contributed by atoms with Crippen LogP contribution >= 0.6 is 24.0 Å². The van der Waals surface area contributed by atoms with Crippen molar-refractivity contribution in [3.8, 4) is 5.82 Å². The highest BCUT2D eigenvalue weighted by Gasteiger charge is 2.40. The summed E-state index contributed by atoms with van der Waals surface area (Å²) < 4.78 is 1.88. The molecule has 2 aromatic rings. The molecule has 1 saturated heterocycles. The molecule has 0 atom stereocenters. The standard InChI is InChI=1S/C20H29N7O.HI/c1-15(2)27-17(28)12-26(13-20(27,3)4)19(21-5)24-11-16-7-6-8-23-18(16)25-10-9-22-14-25;/h6-10,14-15H,11-13H2,1-5H3,(H,21,24);1H. The number of halogens is 1. The zero-order valence-electron chi connectivity index (χ0n) is 17.7. The Morgan fingerprint density at radius 1 is 1.34 bits per heavy atom. The molecule has 0 saturated carbocycles. The lowest BCUT2D eigenvalue weighted by Crippen LogP contribution is -2.66. The number of hydrogen-bond donors (Lipinski definition) is 1. The fraction of sp³-hybridized carbons (Fsp3) is 0.500. The van der Waals surface area contributed by atoms with Gasteiger partial charge in [0.2, 0.25) is 5.91 Å². The molecular weight excluding hydrogens is 481 g/mol. The highest BCUT2D eigenvalue weighted by molar-refractivity contribution is 14.0. The second kappa shape index (κ2) is 9.55. The molecule has 0 spiro atoms. The Morgan fingerprint density at radius 2 is 2.10 bits per heavy atom. The van der Waals surface area contributed by atoms with Gasteiger partial charge in [0.15, 0.2) is 5.96 Å². The number of nitrogens with one attached hydrogen (secondary N) is 1. The third-order valence-electron chi connectivity index (χ3n) is 4.91. The fourth-order valence-electron chi connectivity index (χ4n) is 4.00. The number of carbonyl (C=O) groups is 1. The van der Waals surface area contributed by atoms with Crippen molar-refractivity contribution in [3.63, 3.8) is 0 Å². The first kappa shape index (κ1) is 23.1. The first-order chi connectivity index (χ1) is 13.3. The Kier molecular flexibility index (Phi) is 7.61. The average Bonchev–Trinajstić information content (AvgIpc) is 3.15. The smallest absolute Gasteiger partial charge is 0.242 e. The lowest BCUT2D eigenvalue weighted by molar-refractivity contribution is -0.145. The van der Waals surface area contributed by atoms with Gasteiger partial charge < -0.3 is 15.1 Å². The summed E-state index contributed by atoms with van der Waals surface area (Å²) in [4.78, 5) is 29.7. The number of guanidine groups is 1. The minimum atomic E-state index is -0.266. The number of carbonyl (C=O) groups excluding carboxylic acids is 1. The lowest BCUT2D eigenvalue weighted by Gasteiger charge is -2.49. The minimum absolute atomic E-state index is 0. The second-order valence-corrected chi connectivity index (χ2v) is 7.88. The molecule has 1 amide bonds. The van der Waals surface area contributed by atoms with Crippen molar-refractivity contribution in [2.75, 3.05) is 20.1 Å². The molecule has 0 radical (unpaired) electrons. The maximum Gasteiger partial charge on any atom is 0.242 e. The minimum Gasteiger partial charge on any atom is -0.352 e. The third-order valence-corrected chi connectivity index (χ3v) is 4.91. The predicted molar refractivity (Wildman–Crippen MR) is 125 cm³/mol. The van der Waals surface area contributed by atoms with Gasteiger partial charge in [-0.1, -0.05) is 6.07 Å². The van der Waals surface area contributed by atoms with Crippen molar-refractivity contribution < 1.29 is 4.79 Å². The van der Waals surface area contributed by atoms with E-state index in [0.29, 0.717) is 19.0 Å². The molecule has 1 aliphatic rings. The number of aromatic nitrogens is 3. The van der Waals surface area contributed by atoms with Gasteiger partial charge >= 0.3 is 0 Å². The maximum absolute atomic E-state index is 12.7.